The van der Waals surface area contributed by atoms with Crippen LogP contribution in [-0.2, 0) is 0 Å². The third-order valence-electron chi connectivity index (χ3n) is 12.7. The maximum atomic E-state index is 6.60. The van der Waals surface area contributed by atoms with Crippen molar-refractivity contribution in [1.29, 1.82) is 0 Å². The highest BCUT2D eigenvalue weighted by atomic mass is 16.3. The van der Waals surface area contributed by atoms with Crippen molar-refractivity contribution in [3.8, 4) is 55.8 Å². The smallest absolute Gasteiger partial charge is 0.143 e. The first kappa shape index (κ1) is 37.3. The molecule has 300 valence electrons. The topological polar surface area (TPSA) is 16.4 Å². The number of benzene rings is 11. The van der Waals surface area contributed by atoms with Crippen LogP contribution < -0.4 is 4.90 Å². The van der Waals surface area contributed by atoms with Crippen molar-refractivity contribution in [3.63, 3.8) is 0 Å². The molecular weight excluding hydrogens is 775 g/mol. The summed E-state index contributed by atoms with van der Waals surface area (Å²) in [4.78, 5) is 2.36. The highest BCUT2D eigenvalue weighted by Crippen LogP contribution is 2.43. The van der Waals surface area contributed by atoms with E-state index in [2.05, 4.69) is 248 Å². The summed E-state index contributed by atoms with van der Waals surface area (Å²) >= 11 is 0. The van der Waals surface area contributed by atoms with Crippen LogP contribution in [0.4, 0.5) is 17.1 Å². The van der Waals surface area contributed by atoms with E-state index in [1.165, 1.54) is 54.6 Å². The number of rotatable bonds is 8. The van der Waals surface area contributed by atoms with E-state index < -0.39 is 0 Å². The van der Waals surface area contributed by atoms with Crippen molar-refractivity contribution >= 4 is 60.3 Å². The molecule has 0 aliphatic carbocycles. The molecule has 0 atom stereocenters. The van der Waals surface area contributed by atoms with Gasteiger partial charge in [-0.2, -0.15) is 0 Å². The Hall–Kier alpha value is -8.46. The Balaban J connectivity index is 0.905. The lowest BCUT2D eigenvalue weighted by Gasteiger charge is -2.26. The first-order chi connectivity index (χ1) is 31.7. The molecule has 0 spiro atoms. The molecule has 0 saturated carbocycles. The molecule has 12 rings (SSSR count). The predicted octanol–water partition coefficient (Wildman–Crippen LogP) is 17.7. The highest BCUT2D eigenvalue weighted by molar-refractivity contribution is 6.09. The lowest BCUT2D eigenvalue weighted by Crippen LogP contribution is -2.09. The first-order valence-electron chi connectivity index (χ1n) is 21.9. The zero-order valence-electron chi connectivity index (χ0n) is 35.0. The second-order valence-electron chi connectivity index (χ2n) is 16.5. The number of furan rings is 1. The lowest BCUT2D eigenvalue weighted by atomic mass is 9.96. The number of hydrogen-bond acceptors (Lipinski definition) is 2. The number of hydrogen-bond donors (Lipinski definition) is 0. The zero-order chi connectivity index (χ0) is 42.4. The fourth-order valence-corrected chi connectivity index (χ4v) is 9.49. The number of nitrogens with zero attached hydrogens (tertiary/aromatic N) is 1. The summed E-state index contributed by atoms with van der Waals surface area (Å²) in [6.07, 6.45) is 0. The predicted molar refractivity (Wildman–Crippen MR) is 271 cm³/mol. The Kier molecular flexibility index (Phi) is 9.20. The average Bonchev–Trinajstić information content (AvgIpc) is 3.77. The van der Waals surface area contributed by atoms with E-state index in [1.807, 2.05) is 6.07 Å². The van der Waals surface area contributed by atoms with Crippen LogP contribution in [0.15, 0.2) is 253 Å². The minimum absolute atomic E-state index is 0.880. The SMILES string of the molecule is c1ccc(-c2c(-c3cccc(-c4ccc(N(c5ccc(-c6ccc(-c7cccc8ccccc78)cc6)cc5)c5ccc6c(ccc7ccccc76)c5)cc4)c3)oc3ccccc23)cc1. The number of anilines is 3. The molecule has 0 aliphatic rings. The van der Waals surface area contributed by atoms with Crippen LogP contribution in [0.3, 0.4) is 0 Å². The summed E-state index contributed by atoms with van der Waals surface area (Å²) in [5, 5.41) is 8.60. The Bertz CT molecular complexity index is 3630. The molecule has 0 fully saturated rings. The summed E-state index contributed by atoms with van der Waals surface area (Å²) in [5.41, 5.74) is 14.5. The van der Waals surface area contributed by atoms with Gasteiger partial charge in [0.05, 0.1) is 0 Å². The third kappa shape index (κ3) is 6.70. The van der Waals surface area contributed by atoms with E-state index in [-0.39, 0.29) is 0 Å². The summed E-state index contributed by atoms with van der Waals surface area (Å²) in [5.74, 6) is 0.880. The zero-order valence-corrected chi connectivity index (χ0v) is 35.0. The summed E-state index contributed by atoms with van der Waals surface area (Å²) in [6.45, 7) is 0. The fourth-order valence-electron chi connectivity index (χ4n) is 9.49. The van der Waals surface area contributed by atoms with Crippen molar-refractivity contribution in [1.82, 2.24) is 0 Å². The second-order valence-corrected chi connectivity index (χ2v) is 16.5. The third-order valence-corrected chi connectivity index (χ3v) is 12.7. The Labute approximate surface area is 372 Å². The van der Waals surface area contributed by atoms with E-state index in [0.29, 0.717) is 0 Å². The number of para-hydroxylation sites is 1. The van der Waals surface area contributed by atoms with E-state index in [4.69, 9.17) is 4.42 Å². The molecule has 0 bridgehead atoms. The molecule has 1 heterocycles. The molecule has 11 aromatic carbocycles. The molecule has 12 aromatic rings. The molecule has 0 aliphatic heterocycles. The van der Waals surface area contributed by atoms with Gasteiger partial charge in [-0.15, -0.1) is 0 Å². The van der Waals surface area contributed by atoms with Gasteiger partial charge in [0, 0.05) is 33.6 Å². The minimum Gasteiger partial charge on any atom is -0.455 e. The van der Waals surface area contributed by atoms with E-state index >= 15 is 0 Å². The molecule has 0 saturated heterocycles. The van der Waals surface area contributed by atoms with Gasteiger partial charge in [0.15, 0.2) is 0 Å². The van der Waals surface area contributed by atoms with Crippen molar-refractivity contribution < 1.29 is 4.42 Å². The van der Waals surface area contributed by atoms with Gasteiger partial charge >= 0.3 is 0 Å². The van der Waals surface area contributed by atoms with Gasteiger partial charge in [0.25, 0.3) is 0 Å². The van der Waals surface area contributed by atoms with Crippen LogP contribution in [0.2, 0.25) is 0 Å². The molecule has 0 amide bonds. The van der Waals surface area contributed by atoms with Crippen LogP contribution in [0, 0.1) is 0 Å². The van der Waals surface area contributed by atoms with Gasteiger partial charge in [-0.05, 0) is 120 Å². The normalized spacial score (nSPS) is 11.4. The summed E-state index contributed by atoms with van der Waals surface area (Å²) in [6, 6.07) is 89.5. The highest BCUT2D eigenvalue weighted by Gasteiger charge is 2.19. The minimum atomic E-state index is 0.880. The molecule has 2 heteroatoms. The van der Waals surface area contributed by atoms with Crippen molar-refractivity contribution in [3.05, 3.63) is 249 Å². The van der Waals surface area contributed by atoms with Crippen molar-refractivity contribution in [2.75, 3.05) is 4.90 Å². The van der Waals surface area contributed by atoms with Gasteiger partial charge in [-0.1, -0.05) is 200 Å². The van der Waals surface area contributed by atoms with Crippen molar-refractivity contribution in [2.24, 2.45) is 0 Å². The Morgan fingerprint density at radius 2 is 0.766 bits per heavy atom. The van der Waals surface area contributed by atoms with Crippen LogP contribution in [0.5, 0.6) is 0 Å². The van der Waals surface area contributed by atoms with Gasteiger partial charge in [-0.25, -0.2) is 0 Å². The van der Waals surface area contributed by atoms with Gasteiger partial charge in [0.2, 0.25) is 0 Å². The van der Waals surface area contributed by atoms with Gasteiger partial charge < -0.3 is 9.32 Å². The molecule has 64 heavy (non-hydrogen) atoms. The maximum absolute atomic E-state index is 6.60. The molecule has 0 unspecified atom stereocenters. The second kappa shape index (κ2) is 15.8. The summed E-state index contributed by atoms with van der Waals surface area (Å²) in [7, 11) is 0. The summed E-state index contributed by atoms with van der Waals surface area (Å²) < 4.78 is 6.60. The lowest BCUT2D eigenvalue weighted by molar-refractivity contribution is 0.632. The van der Waals surface area contributed by atoms with E-state index in [1.54, 1.807) is 0 Å². The average molecular weight is 816 g/mol. The molecule has 1 aromatic heterocycles. The number of fused-ring (bicyclic) bond motifs is 5. The monoisotopic (exact) mass is 815 g/mol. The van der Waals surface area contributed by atoms with Gasteiger partial charge in [0.1, 0.15) is 11.3 Å². The fraction of sp³-hybridized carbons (Fsp3) is 0. The molecule has 0 radical (unpaired) electrons. The molecular formula is C62H41NO. The quantitative estimate of drug-likeness (QED) is 0.142. The molecule has 2 nitrogen and oxygen atoms in total. The van der Waals surface area contributed by atoms with Crippen molar-refractivity contribution in [2.45, 2.75) is 0 Å². The standard InChI is InChI=1S/C62H41NO/c1-2-14-48(15-3-1)61-59-21-8-9-23-60(59)64-62(61)51-18-10-17-49(40-51)44-32-36-53(37-33-44)63(54-38-39-58-50(41-54)29-28-46-13-5-7-20-56(46)58)52-34-30-43(31-35-52)42-24-26-47(27-25-42)57-22-11-16-45-12-4-6-19-55(45)57/h1-41H. The molecule has 0 N–H and O–H groups in total. The van der Waals surface area contributed by atoms with Crippen LogP contribution >= 0.6 is 0 Å². The Morgan fingerprint density at radius 1 is 0.266 bits per heavy atom. The van der Waals surface area contributed by atoms with Crippen LogP contribution in [-0.4, -0.2) is 0 Å². The van der Waals surface area contributed by atoms with E-state index in [9.17, 15) is 0 Å². The van der Waals surface area contributed by atoms with E-state index in [0.717, 1.165) is 61.6 Å². The van der Waals surface area contributed by atoms with Crippen LogP contribution in [0.25, 0.3) is 99.1 Å². The first-order valence-corrected chi connectivity index (χ1v) is 21.9. The van der Waals surface area contributed by atoms with Gasteiger partial charge in [-0.3, -0.25) is 0 Å². The largest absolute Gasteiger partial charge is 0.455 e. The van der Waals surface area contributed by atoms with Crippen LogP contribution in [0.1, 0.15) is 0 Å². The maximum Gasteiger partial charge on any atom is 0.143 e. The Morgan fingerprint density at radius 3 is 1.52 bits per heavy atom.